The van der Waals surface area contributed by atoms with Gasteiger partial charge < -0.3 is 16.2 Å². The molecule has 4 N–H and O–H groups in total. The first-order valence-corrected chi connectivity index (χ1v) is 6.20. The SMILES string of the molecule is Cc1ccc(C(=O)O)cc1NC(=O)CC(N)C(C)C. The number of benzene rings is 1. The van der Waals surface area contributed by atoms with Crippen molar-refractivity contribution in [3.63, 3.8) is 0 Å². The fourth-order valence-electron chi connectivity index (χ4n) is 1.54. The molecule has 5 heteroatoms. The van der Waals surface area contributed by atoms with Gasteiger partial charge in [0, 0.05) is 18.2 Å². The van der Waals surface area contributed by atoms with Crippen LogP contribution in [0, 0.1) is 12.8 Å². The van der Waals surface area contributed by atoms with Gasteiger partial charge in [0.15, 0.2) is 0 Å². The van der Waals surface area contributed by atoms with Crippen molar-refractivity contribution >= 4 is 17.6 Å². The molecule has 1 aromatic rings. The van der Waals surface area contributed by atoms with E-state index in [4.69, 9.17) is 10.8 Å². The Hall–Kier alpha value is -1.88. The van der Waals surface area contributed by atoms with Crippen LogP contribution in [0.3, 0.4) is 0 Å². The topological polar surface area (TPSA) is 92.4 Å². The molecule has 5 nitrogen and oxygen atoms in total. The number of anilines is 1. The zero-order valence-electron chi connectivity index (χ0n) is 11.4. The summed E-state index contributed by atoms with van der Waals surface area (Å²) in [7, 11) is 0. The molecule has 1 amide bonds. The van der Waals surface area contributed by atoms with Crippen LogP contribution in [0.15, 0.2) is 18.2 Å². The normalized spacial score (nSPS) is 12.3. The molecule has 104 valence electrons. The summed E-state index contributed by atoms with van der Waals surface area (Å²) in [6.45, 7) is 5.71. The quantitative estimate of drug-likeness (QED) is 0.758. The number of amides is 1. The second-order valence-corrected chi connectivity index (χ2v) is 5.00. The van der Waals surface area contributed by atoms with Gasteiger partial charge >= 0.3 is 5.97 Å². The molecule has 0 aromatic heterocycles. The van der Waals surface area contributed by atoms with Crippen molar-refractivity contribution in [2.45, 2.75) is 33.2 Å². The molecule has 0 saturated heterocycles. The third-order valence-corrected chi connectivity index (χ3v) is 3.04. The van der Waals surface area contributed by atoms with Crippen LogP contribution in [0.1, 0.15) is 36.2 Å². The lowest BCUT2D eigenvalue weighted by molar-refractivity contribution is -0.116. The first-order valence-electron chi connectivity index (χ1n) is 6.20. The molecule has 0 bridgehead atoms. The minimum Gasteiger partial charge on any atom is -0.478 e. The summed E-state index contributed by atoms with van der Waals surface area (Å²) in [5.74, 6) is -1.00. The smallest absolute Gasteiger partial charge is 0.335 e. The minimum atomic E-state index is -1.02. The second-order valence-electron chi connectivity index (χ2n) is 5.00. The number of carbonyl (C=O) groups is 2. The maximum Gasteiger partial charge on any atom is 0.335 e. The zero-order chi connectivity index (χ0) is 14.6. The molecule has 0 spiro atoms. The number of aromatic carboxylic acids is 1. The van der Waals surface area contributed by atoms with Crippen molar-refractivity contribution in [2.75, 3.05) is 5.32 Å². The number of hydrogen-bond donors (Lipinski definition) is 3. The van der Waals surface area contributed by atoms with Gasteiger partial charge in [0.05, 0.1) is 5.56 Å². The molecule has 0 heterocycles. The third kappa shape index (κ3) is 4.37. The lowest BCUT2D eigenvalue weighted by Gasteiger charge is -2.16. The van der Waals surface area contributed by atoms with E-state index in [1.807, 2.05) is 20.8 Å². The van der Waals surface area contributed by atoms with Gasteiger partial charge in [0.1, 0.15) is 0 Å². The molecule has 0 aliphatic carbocycles. The van der Waals surface area contributed by atoms with Gasteiger partial charge in [-0.05, 0) is 30.5 Å². The van der Waals surface area contributed by atoms with Crippen LogP contribution in [0.4, 0.5) is 5.69 Å². The van der Waals surface area contributed by atoms with Crippen molar-refractivity contribution < 1.29 is 14.7 Å². The van der Waals surface area contributed by atoms with Crippen LogP contribution in [0.2, 0.25) is 0 Å². The number of hydrogen-bond acceptors (Lipinski definition) is 3. The molecular weight excluding hydrogens is 244 g/mol. The summed E-state index contributed by atoms with van der Waals surface area (Å²) < 4.78 is 0. The van der Waals surface area contributed by atoms with Crippen LogP contribution < -0.4 is 11.1 Å². The summed E-state index contributed by atoms with van der Waals surface area (Å²) in [5, 5.41) is 11.6. The van der Waals surface area contributed by atoms with Gasteiger partial charge in [-0.25, -0.2) is 4.79 Å². The van der Waals surface area contributed by atoms with Crippen molar-refractivity contribution in [1.29, 1.82) is 0 Å². The van der Waals surface area contributed by atoms with E-state index in [2.05, 4.69) is 5.32 Å². The Morgan fingerprint density at radius 1 is 1.37 bits per heavy atom. The number of carboxylic acid groups (broad SMARTS) is 1. The second kappa shape index (κ2) is 6.33. The van der Waals surface area contributed by atoms with Gasteiger partial charge in [-0.15, -0.1) is 0 Å². The first-order chi connectivity index (χ1) is 8.81. The number of nitrogens with one attached hydrogen (secondary N) is 1. The van der Waals surface area contributed by atoms with Crippen LogP contribution in [0.5, 0.6) is 0 Å². The summed E-state index contributed by atoms with van der Waals surface area (Å²) in [4.78, 5) is 22.7. The Morgan fingerprint density at radius 3 is 2.53 bits per heavy atom. The molecule has 1 rings (SSSR count). The van der Waals surface area contributed by atoms with E-state index in [1.54, 1.807) is 6.07 Å². The van der Waals surface area contributed by atoms with Crippen molar-refractivity contribution in [3.8, 4) is 0 Å². The fraction of sp³-hybridized carbons (Fsp3) is 0.429. The van der Waals surface area contributed by atoms with E-state index in [9.17, 15) is 9.59 Å². The molecule has 19 heavy (non-hydrogen) atoms. The van der Waals surface area contributed by atoms with E-state index in [0.717, 1.165) is 5.56 Å². The zero-order valence-corrected chi connectivity index (χ0v) is 11.4. The highest BCUT2D eigenvalue weighted by Gasteiger charge is 2.14. The predicted octanol–water partition coefficient (Wildman–Crippen LogP) is 2.01. The predicted molar refractivity (Wildman–Crippen MR) is 74.2 cm³/mol. The Bertz CT molecular complexity index is 484. The lowest BCUT2D eigenvalue weighted by atomic mass is 10.0. The summed E-state index contributed by atoms with van der Waals surface area (Å²) in [5.41, 5.74) is 7.31. The largest absolute Gasteiger partial charge is 0.478 e. The summed E-state index contributed by atoms with van der Waals surface area (Å²) in [6.07, 6.45) is 0.217. The standard InChI is InChI=1S/C14H20N2O3/c1-8(2)11(15)7-13(17)16-12-6-10(14(18)19)5-4-9(12)3/h4-6,8,11H,7,15H2,1-3H3,(H,16,17)(H,18,19). The average Bonchev–Trinajstić information content (AvgIpc) is 2.31. The Kier molecular flexibility index (Phi) is 5.06. The van der Waals surface area contributed by atoms with Gasteiger partial charge in [-0.1, -0.05) is 19.9 Å². The molecule has 1 aromatic carbocycles. The van der Waals surface area contributed by atoms with Gasteiger partial charge in [0.25, 0.3) is 0 Å². The number of carboxylic acids is 1. The summed E-state index contributed by atoms with van der Waals surface area (Å²) in [6, 6.07) is 4.42. The van der Waals surface area contributed by atoms with Crippen LogP contribution in [-0.4, -0.2) is 23.0 Å². The van der Waals surface area contributed by atoms with Crippen LogP contribution in [-0.2, 0) is 4.79 Å². The number of nitrogens with two attached hydrogens (primary N) is 1. The first kappa shape index (κ1) is 15.2. The molecule has 1 atom stereocenters. The Morgan fingerprint density at radius 2 is 2.00 bits per heavy atom. The highest BCUT2D eigenvalue weighted by Crippen LogP contribution is 2.17. The number of aryl methyl sites for hydroxylation is 1. The van der Waals surface area contributed by atoms with E-state index in [1.165, 1.54) is 12.1 Å². The minimum absolute atomic E-state index is 0.147. The Balaban J connectivity index is 2.79. The fourth-order valence-corrected chi connectivity index (χ4v) is 1.54. The average molecular weight is 264 g/mol. The maximum absolute atomic E-state index is 11.8. The molecule has 0 fully saturated rings. The van der Waals surface area contributed by atoms with Crippen molar-refractivity contribution in [3.05, 3.63) is 29.3 Å². The molecule has 0 radical (unpaired) electrons. The maximum atomic E-state index is 11.8. The lowest BCUT2D eigenvalue weighted by Crippen LogP contribution is -2.31. The summed E-state index contributed by atoms with van der Waals surface area (Å²) >= 11 is 0. The third-order valence-electron chi connectivity index (χ3n) is 3.04. The van der Waals surface area contributed by atoms with Gasteiger partial charge in [-0.3, -0.25) is 4.79 Å². The Labute approximate surface area is 112 Å². The molecule has 1 unspecified atom stereocenters. The van der Waals surface area contributed by atoms with Crippen LogP contribution in [0.25, 0.3) is 0 Å². The number of rotatable bonds is 5. The van der Waals surface area contributed by atoms with E-state index in [-0.39, 0.29) is 29.9 Å². The highest BCUT2D eigenvalue weighted by atomic mass is 16.4. The molecule has 0 saturated carbocycles. The molecule has 0 aliphatic heterocycles. The number of carbonyl (C=O) groups excluding carboxylic acids is 1. The van der Waals surface area contributed by atoms with E-state index < -0.39 is 5.97 Å². The van der Waals surface area contributed by atoms with Gasteiger partial charge in [0.2, 0.25) is 5.91 Å². The van der Waals surface area contributed by atoms with Crippen molar-refractivity contribution in [2.24, 2.45) is 11.7 Å². The molecule has 0 aliphatic rings. The van der Waals surface area contributed by atoms with Gasteiger partial charge in [-0.2, -0.15) is 0 Å². The highest BCUT2D eigenvalue weighted by molar-refractivity contribution is 5.94. The monoisotopic (exact) mass is 264 g/mol. The van der Waals surface area contributed by atoms with Crippen molar-refractivity contribution in [1.82, 2.24) is 0 Å². The van der Waals surface area contributed by atoms with Crippen LogP contribution >= 0.6 is 0 Å². The van der Waals surface area contributed by atoms with E-state index in [0.29, 0.717) is 5.69 Å². The van der Waals surface area contributed by atoms with E-state index >= 15 is 0 Å². The molecular formula is C14H20N2O3.